The number of thiophene rings is 1. The molecule has 1 fully saturated rings. The van der Waals surface area contributed by atoms with Gasteiger partial charge in [0.05, 0.1) is 4.88 Å². The molecule has 4 aromatic rings. The monoisotopic (exact) mass is 414 g/mol. The Morgan fingerprint density at radius 2 is 1.77 bits per heavy atom. The minimum Gasteiger partial charge on any atom is -0.440 e. The smallest absolute Gasteiger partial charge is 0.263 e. The number of para-hydroxylation sites is 2. The van der Waals surface area contributed by atoms with Gasteiger partial charge in [-0.2, -0.15) is 0 Å². The van der Waals surface area contributed by atoms with Crippen LogP contribution in [-0.4, -0.2) is 28.9 Å². The van der Waals surface area contributed by atoms with E-state index in [-0.39, 0.29) is 11.8 Å². The molecule has 3 heterocycles. The van der Waals surface area contributed by atoms with Crippen LogP contribution in [0.5, 0.6) is 0 Å². The summed E-state index contributed by atoms with van der Waals surface area (Å²) in [4.78, 5) is 22.0. The number of aromatic nitrogens is 1. The maximum absolute atomic E-state index is 13.2. The zero-order valence-electron chi connectivity index (χ0n) is 16.6. The standard InChI is InChI=1S/C25H22N2O2S/c28-25(22-15-18-10-9-16-5-1-2-6-19(16)23(18)30-22)27-13-11-17(12-14-27)24-26-20-7-3-4-8-21(20)29-24/h1-8,15,17H,9-14H2. The average molecular weight is 415 g/mol. The minimum atomic E-state index is 0.169. The van der Waals surface area contributed by atoms with Crippen LogP contribution in [0.1, 0.15) is 45.4 Å². The van der Waals surface area contributed by atoms with Gasteiger partial charge in [0.1, 0.15) is 5.52 Å². The van der Waals surface area contributed by atoms with Crippen molar-refractivity contribution >= 4 is 28.3 Å². The van der Waals surface area contributed by atoms with E-state index in [1.807, 2.05) is 29.2 Å². The van der Waals surface area contributed by atoms with E-state index in [0.717, 1.165) is 60.6 Å². The number of carbonyl (C=O) groups is 1. The van der Waals surface area contributed by atoms with E-state index in [2.05, 4.69) is 35.3 Å². The van der Waals surface area contributed by atoms with Crippen LogP contribution in [0.15, 0.2) is 59.0 Å². The summed E-state index contributed by atoms with van der Waals surface area (Å²) in [6, 6.07) is 18.6. The lowest BCUT2D eigenvalue weighted by atomic mass is 9.91. The summed E-state index contributed by atoms with van der Waals surface area (Å²) in [7, 11) is 0. The molecule has 1 saturated heterocycles. The summed E-state index contributed by atoms with van der Waals surface area (Å²) >= 11 is 1.66. The maximum atomic E-state index is 13.2. The Balaban J connectivity index is 1.19. The number of aryl methyl sites for hydroxylation is 2. The van der Waals surface area contributed by atoms with Gasteiger partial charge in [-0.1, -0.05) is 36.4 Å². The first kappa shape index (κ1) is 17.9. The summed E-state index contributed by atoms with van der Waals surface area (Å²) < 4.78 is 5.96. The summed E-state index contributed by atoms with van der Waals surface area (Å²) in [6.45, 7) is 1.50. The highest BCUT2D eigenvalue weighted by molar-refractivity contribution is 7.17. The van der Waals surface area contributed by atoms with Crippen LogP contribution in [0.4, 0.5) is 0 Å². The largest absolute Gasteiger partial charge is 0.440 e. The van der Waals surface area contributed by atoms with Gasteiger partial charge in [-0.3, -0.25) is 4.79 Å². The summed E-state index contributed by atoms with van der Waals surface area (Å²) in [6.07, 6.45) is 3.87. The lowest BCUT2D eigenvalue weighted by Gasteiger charge is -2.30. The van der Waals surface area contributed by atoms with Gasteiger partial charge in [-0.25, -0.2) is 4.98 Å². The molecule has 1 amide bonds. The summed E-state index contributed by atoms with van der Waals surface area (Å²) in [5.74, 6) is 1.26. The van der Waals surface area contributed by atoms with Crippen LogP contribution in [0, 0.1) is 0 Å². The Morgan fingerprint density at radius 1 is 1.00 bits per heavy atom. The molecular formula is C25H22N2O2S. The van der Waals surface area contributed by atoms with Crippen LogP contribution < -0.4 is 0 Å². The molecular weight excluding hydrogens is 392 g/mol. The van der Waals surface area contributed by atoms with Crippen LogP contribution in [-0.2, 0) is 12.8 Å². The van der Waals surface area contributed by atoms with Crippen molar-refractivity contribution in [2.24, 2.45) is 0 Å². The fraction of sp³-hybridized carbons (Fsp3) is 0.280. The molecule has 0 bridgehead atoms. The van der Waals surface area contributed by atoms with Gasteiger partial charge in [-0.05, 0) is 60.6 Å². The van der Waals surface area contributed by atoms with Gasteiger partial charge in [0.2, 0.25) is 0 Å². The highest BCUT2D eigenvalue weighted by atomic mass is 32.1. The van der Waals surface area contributed by atoms with E-state index in [1.54, 1.807) is 11.3 Å². The number of hydrogen-bond acceptors (Lipinski definition) is 4. The lowest BCUT2D eigenvalue weighted by molar-refractivity contribution is 0.0711. The number of likely N-dealkylation sites (tertiary alicyclic amines) is 1. The molecule has 150 valence electrons. The number of piperidine rings is 1. The van der Waals surface area contributed by atoms with Crippen molar-refractivity contribution in [1.82, 2.24) is 9.88 Å². The van der Waals surface area contributed by atoms with Gasteiger partial charge in [0.15, 0.2) is 11.5 Å². The Morgan fingerprint density at radius 3 is 2.63 bits per heavy atom. The van der Waals surface area contributed by atoms with Crippen LogP contribution >= 0.6 is 11.3 Å². The fourth-order valence-corrected chi connectivity index (χ4v) is 5.97. The van der Waals surface area contributed by atoms with Crippen LogP contribution in [0.3, 0.4) is 0 Å². The topological polar surface area (TPSA) is 46.3 Å². The molecule has 6 rings (SSSR count). The van der Waals surface area contributed by atoms with Crippen molar-refractivity contribution in [2.45, 2.75) is 31.6 Å². The maximum Gasteiger partial charge on any atom is 0.263 e. The normalized spacial score (nSPS) is 16.5. The molecule has 0 saturated carbocycles. The van der Waals surface area contributed by atoms with Gasteiger partial charge < -0.3 is 9.32 Å². The van der Waals surface area contributed by atoms with Gasteiger partial charge in [-0.15, -0.1) is 11.3 Å². The lowest BCUT2D eigenvalue weighted by Crippen LogP contribution is -2.37. The van der Waals surface area contributed by atoms with Gasteiger partial charge >= 0.3 is 0 Å². The Labute approximate surface area is 179 Å². The summed E-state index contributed by atoms with van der Waals surface area (Å²) in [5, 5.41) is 0. The molecule has 2 aliphatic rings. The van der Waals surface area contributed by atoms with E-state index in [9.17, 15) is 4.79 Å². The quantitative estimate of drug-likeness (QED) is 0.424. The number of nitrogens with zero attached hydrogens (tertiary/aromatic N) is 2. The molecule has 0 atom stereocenters. The summed E-state index contributed by atoms with van der Waals surface area (Å²) in [5.41, 5.74) is 5.77. The first-order valence-electron chi connectivity index (χ1n) is 10.6. The molecule has 0 spiro atoms. The third-order valence-electron chi connectivity index (χ3n) is 6.39. The number of rotatable bonds is 2. The Bertz CT molecular complexity index is 1210. The second kappa shape index (κ2) is 7.10. The number of oxazole rings is 1. The first-order valence-corrected chi connectivity index (χ1v) is 11.4. The highest BCUT2D eigenvalue weighted by Crippen LogP contribution is 2.40. The second-order valence-corrected chi connectivity index (χ2v) is 9.26. The van der Waals surface area contributed by atoms with E-state index in [4.69, 9.17) is 4.42 Å². The number of carbonyl (C=O) groups excluding carboxylic acids is 1. The van der Waals surface area contributed by atoms with E-state index in [0.29, 0.717) is 0 Å². The molecule has 0 radical (unpaired) electrons. The van der Waals surface area contributed by atoms with Gasteiger partial charge in [0, 0.05) is 23.9 Å². The van der Waals surface area contributed by atoms with Crippen molar-refractivity contribution in [3.05, 3.63) is 76.5 Å². The van der Waals surface area contributed by atoms with E-state index < -0.39 is 0 Å². The zero-order chi connectivity index (χ0) is 20.1. The SMILES string of the molecule is O=C(c1cc2c(s1)-c1ccccc1CC2)N1CCC(c2nc3ccccc3o2)CC1. The first-order chi connectivity index (χ1) is 14.8. The molecule has 1 aliphatic heterocycles. The molecule has 1 aliphatic carbocycles. The number of benzene rings is 2. The van der Waals surface area contributed by atoms with E-state index in [1.165, 1.54) is 21.6 Å². The fourth-order valence-electron chi connectivity index (χ4n) is 4.73. The minimum absolute atomic E-state index is 0.169. The van der Waals surface area contributed by atoms with E-state index >= 15 is 0 Å². The van der Waals surface area contributed by atoms with Crippen molar-refractivity contribution in [1.29, 1.82) is 0 Å². The van der Waals surface area contributed by atoms with Crippen molar-refractivity contribution in [3.63, 3.8) is 0 Å². The van der Waals surface area contributed by atoms with Gasteiger partial charge in [0.25, 0.3) is 5.91 Å². The third-order valence-corrected chi connectivity index (χ3v) is 7.59. The van der Waals surface area contributed by atoms with Crippen molar-refractivity contribution in [2.75, 3.05) is 13.1 Å². The Kier molecular flexibility index (Phi) is 4.23. The third kappa shape index (κ3) is 2.96. The second-order valence-electron chi connectivity index (χ2n) is 8.21. The molecule has 2 aromatic carbocycles. The van der Waals surface area contributed by atoms with Crippen molar-refractivity contribution < 1.29 is 9.21 Å². The predicted octanol–water partition coefficient (Wildman–Crippen LogP) is 5.67. The van der Waals surface area contributed by atoms with Crippen molar-refractivity contribution in [3.8, 4) is 10.4 Å². The molecule has 30 heavy (non-hydrogen) atoms. The predicted molar refractivity (Wildman–Crippen MR) is 119 cm³/mol. The number of fused-ring (bicyclic) bond motifs is 4. The number of amides is 1. The Hall–Kier alpha value is -2.92. The highest BCUT2D eigenvalue weighted by Gasteiger charge is 2.29. The number of hydrogen-bond donors (Lipinski definition) is 0. The molecule has 0 unspecified atom stereocenters. The molecule has 4 nitrogen and oxygen atoms in total. The zero-order valence-corrected chi connectivity index (χ0v) is 17.5. The molecule has 2 aromatic heterocycles. The molecule has 5 heteroatoms. The van der Waals surface area contributed by atoms with Crippen LogP contribution in [0.25, 0.3) is 21.5 Å². The molecule has 0 N–H and O–H groups in total. The van der Waals surface area contributed by atoms with Crippen LogP contribution in [0.2, 0.25) is 0 Å². The average Bonchev–Trinajstić information content (AvgIpc) is 3.43.